The van der Waals surface area contributed by atoms with Crippen LogP contribution >= 0.6 is 11.3 Å². The number of benzene rings is 5. The van der Waals surface area contributed by atoms with E-state index in [1.807, 2.05) is 53.8 Å². The molecule has 40 heavy (non-hydrogen) atoms. The fourth-order valence-electron chi connectivity index (χ4n) is 5.02. The summed E-state index contributed by atoms with van der Waals surface area (Å²) in [5.41, 5.74) is 7.99. The minimum Gasteiger partial charge on any atom is -0.481 e. The molecule has 0 unspecified atom stereocenters. The zero-order valence-electron chi connectivity index (χ0n) is 22.2. The minimum atomic E-state index is -0.411. The van der Waals surface area contributed by atoms with Crippen molar-refractivity contribution in [1.29, 1.82) is 0 Å². The lowest BCUT2D eigenvalue weighted by Gasteiger charge is -2.14. The van der Waals surface area contributed by atoms with Crippen molar-refractivity contribution in [2.75, 3.05) is 13.7 Å². The van der Waals surface area contributed by atoms with Crippen molar-refractivity contribution < 1.29 is 14.3 Å². The second-order valence-corrected chi connectivity index (χ2v) is 10.7. The van der Waals surface area contributed by atoms with Gasteiger partial charge < -0.3 is 9.47 Å². The molecule has 1 aromatic heterocycles. The SMILES string of the molecule is COC(=O)COc1ccc(-c2ccc(-c3c(Cc4ccccc4)sc4ccccc34)cc2)cc1-c1ccccc1. The first-order valence-corrected chi connectivity index (χ1v) is 14.1. The first-order valence-electron chi connectivity index (χ1n) is 13.2. The van der Waals surface area contributed by atoms with E-state index in [0.29, 0.717) is 5.75 Å². The standard InChI is InChI=1S/C36H28O3S/c1-38-35(37)24-39-32-21-20-29(23-31(32)27-12-6-3-7-13-27)26-16-18-28(19-17-26)36-30-14-8-9-15-33(30)40-34(36)22-25-10-4-2-5-11-25/h2-21,23H,22,24H2,1H3. The highest BCUT2D eigenvalue weighted by Crippen LogP contribution is 2.41. The quantitative estimate of drug-likeness (QED) is 0.181. The Balaban J connectivity index is 1.36. The molecule has 0 N–H and O–H groups in total. The van der Waals surface area contributed by atoms with Crippen molar-refractivity contribution >= 4 is 27.4 Å². The van der Waals surface area contributed by atoms with E-state index in [1.54, 1.807) is 0 Å². The number of fused-ring (bicyclic) bond motifs is 1. The number of ether oxygens (including phenoxy) is 2. The van der Waals surface area contributed by atoms with Gasteiger partial charge in [-0.15, -0.1) is 11.3 Å². The molecule has 5 aromatic carbocycles. The van der Waals surface area contributed by atoms with Crippen LogP contribution in [0.15, 0.2) is 127 Å². The van der Waals surface area contributed by atoms with Gasteiger partial charge in [0.15, 0.2) is 6.61 Å². The molecule has 6 aromatic rings. The van der Waals surface area contributed by atoms with Crippen LogP contribution in [0.5, 0.6) is 5.75 Å². The number of carbonyl (C=O) groups is 1. The molecule has 0 saturated heterocycles. The van der Waals surface area contributed by atoms with Crippen molar-refractivity contribution in [3.05, 3.63) is 138 Å². The molecule has 3 nitrogen and oxygen atoms in total. The lowest BCUT2D eigenvalue weighted by atomic mass is 9.95. The van der Waals surface area contributed by atoms with E-state index < -0.39 is 5.97 Å². The smallest absolute Gasteiger partial charge is 0.343 e. The molecule has 0 fully saturated rings. The van der Waals surface area contributed by atoms with Crippen molar-refractivity contribution in [3.8, 4) is 39.1 Å². The maximum Gasteiger partial charge on any atom is 0.343 e. The average Bonchev–Trinajstić information content (AvgIpc) is 3.38. The molecule has 0 amide bonds. The Morgan fingerprint density at radius 3 is 2.08 bits per heavy atom. The molecule has 0 bridgehead atoms. The number of esters is 1. The van der Waals surface area contributed by atoms with E-state index in [1.165, 1.54) is 38.8 Å². The van der Waals surface area contributed by atoms with Crippen LogP contribution in [-0.4, -0.2) is 19.7 Å². The summed E-state index contributed by atoms with van der Waals surface area (Å²) in [6, 6.07) is 44.3. The Morgan fingerprint density at radius 1 is 0.675 bits per heavy atom. The zero-order chi connectivity index (χ0) is 27.3. The fourth-order valence-corrected chi connectivity index (χ4v) is 6.28. The largest absolute Gasteiger partial charge is 0.481 e. The second-order valence-electron chi connectivity index (χ2n) is 9.58. The van der Waals surface area contributed by atoms with E-state index in [2.05, 4.69) is 84.9 Å². The monoisotopic (exact) mass is 540 g/mol. The molecule has 0 aliphatic rings. The van der Waals surface area contributed by atoms with Gasteiger partial charge in [-0.1, -0.05) is 109 Å². The van der Waals surface area contributed by atoms with Gasteiger partial charge in [0.25, 0.3) is 0 Å². The molecule has 4 heteroatoms. The summed E-state index contributed by atoms with van der Waals surface area (Å²) >= 11 is 1.88. The summed E-state index contributed by atoms with van der Waals surface area (Å²) < 4.78 is 11.9. The molecular weight excluding hydrogens is 512 g/mol. The maximum atomic E-state index is 11.7. The number of carbonyl (C=O) groups excluding carboxylic acids is 1. The van der Waals surface area contributed by atoms with Gasteiger partial charge in [-0.2, -0.15) is 0 Å². The number of methoxy groups -OCH3 is 1. The Hall–Kier alpha value is -4.67. The van der Waals surface area contributed by atoms with Crippen molar-refractivity contribution in [1.82, 2.24) is 0 Å². The van der Waals surface area contributed by atoms with E-state index >= 15 is 0 Å². The number of hydrogen-bond acceptors (Lipinski definition) is 4. The normalized spacial score (nSPS) is 10.9. The van der Waals surface area contributed by atoms with E-state index in [0.717, 1.165) is 28.7 Å². The van der Waals surface area contributed by atoms with Crippen LogP contribution in [0.3, 0.4) is 0 Å². The second kappa shape index (κ2) is 11.6. The van der Waals surface area contributed by atoms with Gasteiger partial charge in [-0.05, 0) is 46.0 Å². The first-order chi connectivity index (χ1) is 19.7. The van der Waals surface area contributed by atoms with Crippen molar-refractivity contribution in [3.63, 3.8) is 0 Å². The van der Waals surface area contributed by atoms with Crippen LogP contribution in [-0.2, 0) is 16.0 Å². The number of hydrogen-bond donors (Lipinski definition) is 0. The van der Waals surface area contributed by atoms with Gasteiger partial charge >= 0.3 is 5.97 Å². The zero-order valence-corrected chi connectivity index (χ0v) is 23.0. The van der Waals surface area contributed by atoms with E-state index in [4.69, 9.17) is 9.47 Å². The van der Waals surface area contributed by atoms with Gasteiger partial charge in [-0.3, -0.25) is 0 Å². The maximum absolute atomic E-state index is 11.7. The van der Waals surface area contributed by atoms with Crippen LogP contribution in [0.1, 0.15) is 10.4 Å². The van der Waals surface area contributed by atoms with Crippen LogP contribution in [0, 0.1) is 0 Å². The van der Waals surface area contributed by atoms with Crippen LogP contribution < -0.4 is 4.74 Å². The molecule has 0 saturated carbocycles. The molecule has 196 valence electrons. The summed E-state index contributed by atoms with van der Waals surface area (Å²) in [6.07, 6.45) is 0.907. The highest BCUT2D eigenvalue weighted by Gasteiger charge is 2.15. The third kappa shape index (κ3) is 5.40. The predicted octanol–water partition coefficient (Wildman–Crippen LogP) is 9.04. The van der Waals surface area contributed by atoms with Crippen LogP contribution in [0.2, 0.25) is 0 Å². The third-order valence-corrected chi connectivity index (χ3v) is 8.19. The Morgan fingerprint density at radius 2 is 1.32 bits per heavy atom. The molecule has 0 radical (unpaired) electrons. The van der Waals surface area contributed by atoms with Crippen LogP contribution in [0.4, 0.5) is 0 Å². The van der Waals surface area contributed by atoms with Crippen molar-refractivity contribution in [2.24, 2.45) is 0 Å². The summed E-state index contributed by atoms with van der Waals surface area (Å²) in [7, 11) is 1.36. The molecular formula is C36H28O3S. The molecule has 6 rings (SSSR count). The Bertz CT molecular complexity index is 1750. The lowest BCUT2D eigenvalue weighted by molar-refractivity contribution is -0.142. The predicted molar refractivity (Wildman–Crippen MR) is 165 cm³/mol. The third-order valence-electron chi connectivity index (χ3n) is 7.02. The molecule has 0 aliphatic carbocycles. The summed E-state index contributed by atoms with van der Waals surface area (Å²) in [6.45, 7) is -0.135. The molecule has 0 aliphatic heterocycles. The average molecular weight is 541 g/mol. The molecule has 1 heterocycles. The molecule has 0 spiro atoms. The van der Waals surface area contributed by atoms with Gasteiger partial charge in [0, 0.05) is 32.5 Å². The Kier molecular flexibility index (Phi) is 7.43. The van der Waals surface area contributed by atoms with Gasteiger partial charge in [0.05, 0.1) is 7.11 Å². The topological polar surface area (TPSA) is 35.5 Å². The molecule has 0 atom stereocenters. The summed E-state index contributed by atoms with van der Waals surface area (Å²) in [5.74, 6) is 0.235. The van der Waals surface area contributed by atoms with Gasteiger partial charge in [-0.25, -0.2) is 4.79 Å². The van der Waals surface area contributed by atoms with Crippen molar-refractivity contribution in [2.45, 2.75) is 6.42 Å². The van der Waals surface area contributed by atoms with E-state index in [-0.39, 0.29) is 6.61 Å². The fraction of sp³-hybridized carbons (Fsp3) is 0.0833. The van der Waals surface area contributed by atoms with Gasteiger partial charge in [0.2, 0.25) is 0 Å². The first kappa shape index (κ1) is 25.6. The highest BCUT2D eigenvalue weighted by atomic mass is 32.1. The summed E-state index contributed by atoms with van der Waals surface area (Å²) in [4.78, 5) is 13.1. The number of thiophene rings is 1. The lowest BCUT2D eigenvalue weighted by Crippen LogP contribution is -2.12. The number of rotatable bonds is 8. The minimum absolute atomic E-state index is 0.135. The Labute approximate surface area is 238 Å². The van der Waals surface area contributed by atoms with Gasteiger partial charge in [0.1, 0.15) is 5.75 Å². The highest BCUT2D eigenvalue weighted by molar-refractivity contribution is 7.19. The summed E-state index contributed by atoms with van der Waals surface area (Å²) in [5, 5.41) is 1.30. The van der Waals surface area contributed by atoms with Crippen LogP contribution in [0.25, 0.3) is 43.5 Å². The van der Waals surface area contributed by atoms with E-state index in [9.17, 15) is 4.79 Å².